The highest BCUT2D eigenvalue weighted by atomic mass is 16.5. The highest BCUT2D eigenvalue weighted by molar-refractivity contribution is 4.83. The average molecular weight is 229 g/mol. The lowest BCUT2D eigenvalue weighted by Gasteiger charge is -2.34. The van der Waals surface area contributed by atoms with Gasteiger partial charge in [0.05, 0.1) is 6.10 Å². The molecule has 0 heterocycles. The van der Waals surface area contributed by atoms with Crippen LogP contribution in [0.1, 0.15) is 53.9 Å². The maximum atomic E-state index is 5.68. The highest BCUT2D eigenvalue weighted by Gasteiger charge is 2.27. The van der Waals surface area contributed by atoms with E-state index in [1.165, 1.54) is 19.3 Å². The van der Waals surface area contributed by atoms with E-state index in [2.05, 4.69) is 39.9 Å². The van der Waals surface area contributed by atoms with Gasteiger partial charge in [0.1, 0.15) is 0 Å². The Morgan fingerprint density at radius 1 is 1.06 bits per heavy atom. The summed E-state index contributed by atoms with van der Waals surface area (Å²) in [4.78, 5) is 0. The van der Waals surface area contributed by atoms with Crippen LogP contribution in [0.25, 0.3) is 0 Å². The molecule has 0 aliphatic carbocycles. The molecule has 1 N–H and O–H groups in total. The Labute approximate surface area is 102 Å². The quantitative estimate of drug-likeness (QED) is 0.654. The van der Waals surface area contributed by atoms with Crippen LogP contribution < -0.4 is 5.32 Å². The summed E-state index contributed by atoms with van der Waals surface area (Å²) in [5, 5.41) is 3.66. The fourth-order valence-corrected chi connectivity index (χ4v) is 2.42. The number of hydrogen-bond acceptors (Lipinski definition) is 2. The van der Waals surface area contributed by atoms with Crippen LogP contribution >= 0.6 is 0 Å². The minimum absolute atomic E-state index is 0.327. The Morgan fingerprint density at radius 2 is 1.69 bits per heavy atom. The molecule has 3 unspecified atom stereocenters. The van der Waals surface area contributed by atoms with Crippen molar-refractivity contribution in [2.75, 3.05) is 13.7 Å². The monoisotopic (exact) mass is 229 g/mol. The van der Waals surface area contributed by atoms with Crippen LogP contribution in [0.2, 0.25) is 0 Å². The molecule has 2 nitrogen and oxygen atoms in total. The van der Waals surface area contributed by atoms with Gasteiger partial charge in [-0.2, -0.15) is 0 Å². The van der Waals surface area contributed by atoms with E-state index < -0.39 is 0 Å². The van der Waals surface area contributed by atoms with E-state index in [0.29, 0.717) is 24.0 Å². The minimum Gasteiger partial charge on any atom is -0.380 e. The van der Waals surface area contributed by atoms with Gasteiger partial charge in [-0.1, -0.05) is 41.0 Å². The Hall–Kier alpha value is -0.0800. The third-order valence-electron chi connectivity index (χ3n) is 3.27. The summed E-state index contributed by atoms with van der Waals surface area (Å²) in [6.07, 6.45) is 4.03. The van der Waals surface area contributed by atoms with Gasteiger partial charge in [0, 0.05) is 13.2 Å². The lowest BCUT2D eigenvalue weighted by Crippen LogP contribution is -2.48. The molecule has 0 aromatic rings. The first-order chi connectivity index (χ1) is 7.58. The van der Waals surface area contributed by atoms with Gasteiger partial charge in [-0.15, -0.1) is 0 Å². The average Bonchev–Trinajstić information content (AvgIpc) is 2.23. The molecule has 0 spiro atoms. The van der Waals surface area contributed by atoms with Crippen LogP contribution in [0.5, 0.6) is 0 Å². The molecule has 0 aliphatic heterocycles. The molecule has 0 aromatic carbocycles. The third-order valence-corrected chi connectivity index (χ3v) is 3.27. The Kier molecular flexibility index (Phi) is 8.96. The summed E-state index contributed by atoms with van der Waals surface area (Å²) in [6, 6.07) is 0.491. The van der Waals surface area contributed by atoms with Crippen molar-refractivity contribution in [2.45, 2.75) is 66.0 Å². The van der Waals surface area contributed by atoms with Gasteiger partial charge in [0.15, 0.2) is 0 Å². The molecule has 0 radical (unpaired) electrons. The van der Waals surface area contributed by atoms with Crippen LogP contribution in [-0.4, -0.2) is 25.8 Å². The molecule has 0 saturated carbocycles. The zero-order valence-electron chi connectivity index (χ0n) is 12.0. The fourth-order valence-electron chi connectivity index (χ4n) is 2.42. The van der Waals surface area contributed by atoms with Crippen molar-refractivity contribution in [3.8, 4) is 0 Å². The third kappa shape index (κ3) is 5.31. The molecule has 0 aliphatic rings. The van der Waals surface area contributed by atoms with E-state index in [9.17, 15) is 0 Å². The van der Waals surface area contributed by atoms with E-state index in [0.717, 1.165) is 6.54 Å². The summed E-state index contributed by atoms with van der Waals surface area (Å²) in [6.45, 7) is 12.4. The zero-order valence-corrected chi connectivity index (χ0v) is 12.0. The molecule has 2 heteroatoms. The summed E-state index contributed by atoms with van der Waals surface area (Å²) < 4.78 is 5.68. The van der Waals surface area contributed by atoms with Gasteiger partial charge >= 0.3 is 0 Å². The predicted octanol–water partition coefficient (Wildman–Crippen LogP) is 3.46. The summed E-state index contributed by atoms with van der Waals surface area (Å²) in [7, 11) is 1.84. The van der Waals surface area contributed by atoms with E-state index in [-0.39, 0.29) is 0 Å². The van der Waals surface area contributed by atoms with Crippen LogP contribution in [0.3, 0.4) is 0 Å². The molecule has 16 heavy (non-hydrogen) atoms. The molecule has 0 aromatic heterocycles. The molecule has 0 saturated heterocycles. The van der Waals surface area contributed by atoms with Crippen molar-refractivity contribution < 1.29 is 4.74 Å². The number of nitrogens with one attached hydrogen (secondary N) is 1. The van der Waals surface area contributed by atoms with Gasteiger partial charge in [-0.05, 0) is 31.2 Å². The number of hydrogen-bond donors (Lipinski definition) is 1. The second-order valence-electron chi connectivity index (χ2n) is 5.19. The van der Waals surface area contributed by atoms with Crippen molar-refractivity contribution in [1.29, 1.82) is 0 Å². The maximum Gasteiger partial charge on any atom is 0.0749 e. The number of methoxy groups -OCH3 is 1. The standard InChI is InChI=1S/C14H31NO/c1-7-9-12(5)13(15-10-8-2)14(16-6)11(3)4/h11-15H,7-10H2,1-6H3. The van der Waals surface area contributed by atoms with Crippen molar-refractivity contribution in [2.24, 2.45) is 11.8 Å². The number of rotatable bonds is 9. The second-order valence-corrected chi connectivity index (χ2v) is 5.19. The SMILES string of the molecule is CCCNC(C(C)CCC)C(OC)C(C)C. The van der Waals surface area contributed by atoms with Gasteiger partial charge in [0.2, 0.25) is 0 Å². The van der Waals surface area contributed by atoms with Gasteiger partial charge in [0.25, 0.3) is 0 Å². The molecule has 0 amide bonds. The van der Waals surface area contributed by atoms with Gasteiger partial charge in [-0.3, -0.25) is 0 Å². The lowest BCUT2D eigenvalue weighted by atomic mass is 9.87. The Balaban J connectivity index is 4.48. The molecule has 98 valence electrons. The first-order valence-electron chi connectivity index (χ1n) is 6.84. The van der Waals surface area contributed by atoms with Crippen LogP contribution in [0.15, 0.2) is 0 Å². The van der Waals surface area contributed by atoms with Crippen molar-refractivity contribution in [3.05, 3.63) is 0 Å². The molecular formula is C14H31NO. The van der Waals surface area contributed by atoms with Crippen molar-refractivity contribution >= 4 is 0 Å². The second kappa shape index (κ2) is 9.00. The van der Waals surface area contributed by atoms with Crippen LogP contribution in [0.4, 0.5) is 0 Å². The molecule has 0 rings (SSSR count). The molecule has 0 fully saturated rings. The van der Waals surface area contributed by atoms with Crippen molar-refractivity contribution in [3.63, 3.8) is 0 Å². The highest BCUT2D eigenvalue weighted by Crippen LogP contribution is 2.20. The van der Waals surface area contributed by atoms with Crippen molar-refractivity contribution in [1.82, 2.24) is 5.32 Å². The topological polar surface area (TPSA) is 21.3 Å². The zero-order chi connectivity index (χ0) is 12.6. The Morgan fingerprint density at radius 3 is 2.06 bits per heavy atom. The van der Waals surface area contributed by atoms with Gasteiger partial charge < -0.3 is 10.1 Å². The summed E-state index contributed by atoms with van der Waals surface area (Å²) in [5.74, 6) is 1.25. The van der Waals surface area contributed by atoms with Crippen LogP contribution in [0, 0.1) is 11.8 Å². The minimum atomic E-state index is 0.327. The van der Waals surface area contributed by atoms with E-state index in [4.69, 9.17) is 4.74 Å². The maximum absolute atomic E-state index is 5.68. The van der Waals surface area contributed by atoms with Crippen LogP contribution in [-0.2, 0) is 4.74 Å². The molecule has 0 bridgehead atoms. The fraction of sp³-hybridized carbons (Fsp3) is 1.00. The first kappa shape index (κ1) is 15.9. The smallest absolute Gasteiger partial charge is 0.0749 e. The molecular weight excluding hydrogens is 198 g/mol. The lowest BCUT2D eigenvalue weighted by molar-refractivity contribution is 0.0158. The van der Waals surface area contributed by atoms with E-state index in [1.807, 2.05) is 7.11 Å². The normalized spacial score (nSPS) is 17.4. The summed E-state index contributed by atoms with van der Waals surface area (Å²) >= 11 is 0. The Bertz CT molecular complexity index is 159. The molecule has 3 atom stereocenters. The van der Waals surface area contributed by atoms with Gasteiger partial charge in [-0.25, -0.2) is 0 Å². The largest absolute Gasteiger partial charge is 0.380 e. The van der Waals surface area contributed by atoms with E-state index >= 15 is 0 Å². The number of ether oxygens (including phenoxy) is 1. The van der Waals surface area contributed by atoms with E-state index in [1.54, 1.807) is 0 Å². The summed E-state index contributed by atoms with van der Waals surface area (Å²) in [5.41, 5.74) is 0. The predicted molar refractivity (Wildman–Crippen MR) is 71.8 cm³/mol. The first-order valence-corrected chi connectivity index (χ1v) is 6.84.